The van der Waals surface area contributed by atoms with Crippen LogP contribution in [0.15, 0.2) is 36.0 Å². The lowest BCUT2D eigenvalue weighted by Gasteiger charge is -2.10. The fraction of sp³-hybridized carbons (Fsp3) is 0.357. The molecule has 0 fully saturated rings. The molecule has 1 N–H and O–H groups in total. The number of alkyl halides is 3. The first-order valence-corrected chi connectivity index (χ1v) is 6.11. The van der Waals surface area contributed by atoms with Crippen LogP contribution in [0.4, 0.5) is 18.9 Å². The van der Waals surface area contributed by atoms with Crippen LogP contribution in [-0.4, -0.2) is 26.3 Å². The number of methoxy groups -OCH3 is 1. The number of carbonyl (C=O) groups excluding carboxylic acids is 1. The fourth-order valence-electron chi connectivity index (χ4n) is 1.48. The lowest BCUT2D eigenvalue weighted by atomic mass is 10.2. The van der Waals surface area contributed by atoms with Crippen LogP contribution in [0.2, 0.25) is 0 Å². The van der Waals surface area contributed by atoms with Gasteiger partial charge in [0.25, 0.3) is 0 Å². The molecule has 116 valence electrons. The number of nitrogens with one attached hydrogen (secondary N) is 1. The van der Waals surface area contributed by atoms with Gasteiger partial charge in [0.2, 0.25) is 0 Å². The van der Waals surface area contributed by atoms with Crippen molar-refractivity contribution in [3.05, 3.63) is 41.6 Å². The fourth-order valence-corrected chi connectivity index (χ4v) is 1.48. The SMILES string of the molecule is COCCOC(=O)/C=C(\C)Nc1cccc(C(F)(F)F)c1. The summed E-state index contributed by atoms with van der Waals surface area (Å²) >= 11 is 0. The van der Waals surface area contributed by atoms with E-state index in [1.165, 1.54) is 19.2 Å². The number of ether oxygens (including phenoxy) is 2. The number of hydrogen-bond acceptors (Lipinski definition) is 4. The summed E-state index contributed by atoms with van der Waals surface area (Å²) in [5, 5.41) is 2.70. The van der Waals surface area contributed by atoms with Gasteiger partial charge in [-0.05, 0) is 25.1 Å². The van der Waals surface area contributed by atoms with Gasteiger partial charge in [0.15, 0.2) is 0 Å². The minimum atomic E-state index is -4.41. The van der Waals surface area contributed by atoms with Crippen LogP contribution in [0.3, 0.4) is 0 Å². The highest BCUT2D eigenvalue weighted by Gasteiger charge is 2.30. The van der Waals surface area contributed by atoms with Gasteiger partial charge in [0.1, 0.15) is 6.61 Å². The Labute approximate surface area is 120 Å². The zero-order chi connectivity index (χ0) is 15.9. The third kappa shape index (κ3) is 6.31. The minimum Gasteiger partial charge on any atom is -0.460 e. The van der Waals surface area contributed by atoms with Crippen LogP contribution in [0.5, 0.6) is 0 Å². The molecule has 1 aromatic rings. The van der Waals surface area contributed by atoms with Gasteiger partial charge >= 0.3 is 12.1 Å². The lowest BCUT2D eigenvalue weighted by Crippen LogP contribution is -2.09. The summed E-state index contributed by atoms with van der Waals surface area (Å²) in [5.74, 6) is -0.593. The molecule has 0 bridgehead atoms. The van der Waals surface area contributed by atoms with E-state index < -0.39 is 17.7 Å². The molecule has 0 unspecified atom stereocenters. The van der Waals surface area contributed by atoms with Crippen molar-refractivity contribution in [2.45, 2.75) is 13.1 Å². The zero-order valence-electron chi connectivity index (χ0n) is 11.7. The van der Waals surface area contributed by atoms with Gasteiger partial charge in [-0.3, -0.25) is 0 Å². The standard InChI is InChI=1S/C14H16F3NO3/c1-10(8-13(19)21-7-6-20-2)18-12-5-3-4-11(9-12)14(15,16)17/h3-5,8-9,18H,6-7H2,1-2H3/b10-8+. The first-order valence-electron chi connectivity index (χ1n) is 6.11. The van der Waals surface area contributed by atoms with Gasteiger partial charge in [0.05, 0.1) is 12.2 Å². The average molecular weight is 303 g/mol. The number of carbonyl (C=O) groups is 1. The third-order valence-electron chi connectivity index (χ3n) is 2.40. The van der Waals surface area contributed by atoms with E-state index in [2.05, 4.69) is 5.32 Å². The molecular weight excluding hydrogens is 287 g/mol. The summed E-state index contributed by atoms with van der Waals surface area (Å²) in [6, 6.07) is 4.70. The number of esters is 1. The Morgan fingerprint density at radius 1 is 1.33 bits per heavy atom. The van der Waals surface area contributed by atoms with Crippen LogP contribution in [0, 0.1) is 0 Å². The maximum Gasteiger partial charge on any atom is 0.416 e. The molecule has 0 aliphatic carbocycles. The monoisotopic (exact) mass is 303 g/mol. The Bertz CT molecular complexity index is 512. The van der Waals surface area contributed by atoms with E-state index in [0.717, 1.165) is 18.2 Å². The summed E-state index contributed by atoms with van der Waals surface area (Å²) in [7, 11) is 1.48. The van der Waals surface area contributed by atoms with Gasteiger partial charge in [-0.1, -0.05) is 6.07 Å². The Balaban J connectivity index is 2.66. The first-order chi connectivity index (χ1) is 9.82. The maximum atomic E-state index is 12.6. The third-order valence-corrected chi connectivity index (χ3v) is 2.40. The van der Waals surface area contributed by atoms with Crippen LogP contribution in [-0.2, 0) is 20.4 Å². The normalized spacial score (nSPS) is 12.1. The molecule has 0 aliphatic heterocycles. The summed E-state index contributed by atoms with van der Waals surface area (Å²) < 4.78 is 47.2. The average Bonchev–Trinajstić information content (AvgIpc) is 2.38. The van der Waals surface area contributed by atoms with Gasteiger partial charge in [-0.2, -0.15) is 13.2 Å². The van der Waals surface area contributed by atoms with Crippen molar-refractivity contribution in [2.75, 3.05) is 25.6 Å². The molecule has 0 spiro atoms. The second-order valence-electron chi connectivity index (χ2n) is 4.19. The Kier molecular flexibility index (Phi) is 6.23. The largest absolute Gasteiger partial charge is 0.460 e. The van der Waals surface area contributed by atoms with Gasteiger partial charge in [-0.15, -0.1) is 0 Å². The number of anilines is 1. The summed E-state index contributed by atoms with van der Waals surface area (Å²) in [6.07, 6.45) is -3.25. The smallest absolute Gasteiger partial charge is 0.416 e. The molecule has 21 heavy (non-hydrogen) atoms. The quantitative estimate of drug-likeness (QED) is 0.498. The van der Waals surface area contributed by atoms with E-state index in [9.17, 15) is 18.0 Å². The minimum absolute atomic E-state index is 0.114. The Morgan fingerprint density at radius 3 is 2.67 bits per heavy atom. The van der Waals surface area contributed by atoms with Gasteiger partial charge in [0, 0.05) is 24.6 Å². The molecule has 0 atom stereocenters. The number of allylic oxidation sites excluding steroid dienone is 1. The highest BCUT2D eigenvalue weighted by atomic mass is 19.4. The highest BCUT2D eigenvalue weighted by molar-refractivity contribution is 5.83. The summed E-state index contributed by atoms with van der Waals surface area (Å²) in [4.78, 5) is 11.4. The molecule has 0 aliphatic rings. The second-order valence-corrected chi connectivity index (χ2v) is 4.19. The molecule has 0 heterocycles. The van der Waals surface area contributed by atoms with Gasteiger partial charge < -0.3 is 14.8 Å². The molecule has 0 aromatic heterocycles. The van der Waals surface area contributed by atoms with Crippen LogP contribution in [0.1, 0.15) is 12.5 Å². The molecular formula is C14H16F3NO3. The van der Waals surface area contributed by atoms with Crippen molar-refractivity contribution in [1.82, 2.24) is 0 Å². The first kappa shape index (κ1) is 17.0. The van der Waals surface area contributed by atoms with E-state index in [-0.39, 0.29) is 18.9 Å². The van der Waals surface area contributed by atoms with Crippen molar-refractivity contribution in [3.8, 4) is 0 Å². The Hall–Kier alpha value is -2.02. The lowest BCUT2D eigenvalue weighted by molar-refractivity contribution is -0.139. The molecule has 7 heteroatoms. The van der Waals surface area contributed by atoms with Crippen molar-refractivity contribution in [2.24, 2.45) is 0 Å². The van der Waals surface area contributed by atoms with E-state index in [1.807, 2.05) is 0 Å². The Morgan fingerprint density at radius 2 is 2.05 bits per heavy atom. The molecule has 0 amide bonds. The number of benzene rings is 1. The number of hydrogen-bond donors (Lipinski definition) is 1. The molecule has 0 saturated carbocycles. The zero-order valence-corrected chi connectivity index (χ0v) is 11.7. The van der Waals surface area contributed by atoms with E-state index >= 15 is 0 Å². The molecule has 1 aromatic carbocycles. The maximum absolute atomic E-state index is 12.6. The van der Waals surface area contributed by atoms with E-state index in [0.29, 0.717) is 5.70 Å². The summed E-state index contributed by atoms with van der Waals surface area (Å²) in [6.45, 7) is 1.94. The van der Waals surface area contributed by atoms with Gasteiger partial charge in [-0.25, -0.2) is 4.79 Å². The topological polar surface area (TPSA) is 47.6 Å². The number of rotatable bonds is 6. The summed E-state index contributed by atoms with van der Waals surface area (Å²) in [5.41, 5.74) is -0.150. The van der Waals surface area contributed by atoms with Crippen molar-refractivity contribution < 1.29 is 27.4 Å². The predicted molar refractivity (Wildman–Crippen MR) is 71.7 cm³/mol. The van der Waals surface area contributed by atoms with Crippen LogP contribution < -0.4 is 5.32 Å². The molecule has 0 radical (unpaired) electrons. The van der Waals surface area contributed by atoms with E-state index in [4.69, 9.17) is 9.47 Å². The molecule has 1 rings (SSSR count). The predicted octanol–water partition coefficient (Wildman–Crippen LogP) is 3.21. The van der Waals surface area contributed by atoms with Crippen LogP contribution in [0.25, 0.3) is 0 Å². The molecule has 0 saturated heterocycles. The van der Waals surface area contributed by atoms with E-state index in [1.54, 1.807) is 6.92 Å². The van der Waals surface area contributed by atoms with Crippen molar-refractivity contribution in [1.29, 1.82) is 0 Å². The molecule has 4 nitrogen and oxygen atoms in total. The second kappa shape index (κ2) is 7.68. The van der Waals surface area contributed by atoms with Crippen molar-refractivity contribution >= 4 is 11.7 Å². The highest BCUT2D eigenvalue weighted by Crippen LogP contribution is 2.30. The number of halogens is 3. The van der Waals surface area contributed by atoms with Crippen LogP contribution >= 0.6 is 0 Å². The van der Waals surface area contributed by atoms with Crippen molar-refractivity contribution in [3.63, 3.8) is 0 Å².